The number of nitrogens with one attached hydrogen (secondary N) is 2. The van der Waals surface area contributed by atoms with Crippen LogP contribution < -0.4 is 10.6 Å². The van der Waals surface area contributed by atoms with Gasteiger partial charge in [0.1, 0.15) is 0 Å². The molecule has 5 nitrogen and oxygen atoms in total. The summed E-state index contributed by atoms with van der Waals surface area (Å²) >= 11 is 0. The zero-order chi connectivity index (χ0) is 24.1. The molecule has 0 heterocycles. The first-order valence-corrected chi connectivity index (χ1v) is 11.1. The minimum Gasteiger partial charge on any atom is -0.478 e. The van der Waals surface area contributed by atoms with E-state index in [0.717, 1.165) is 5.56 Å². The van der Waals surface area contributed by atoms with Crippen LogP contribution in [0, 0.1) is 0 Å². The van der Waals surface area contributed by atoms with Crippen LogP contribution in [0.5, 0.6) is 0 Å². The molecule has 0 unspecified atom stereocenters. The van der Waals surface area contributed by atoms with Crippen molar-refractivity contribution in [2.24, 2.45) is 0 Å². The number of carboxylic acids is 1. The van der Waals surface area contributed by atoms with Crippen LogP contribution in [-0.2, 0) is 0 Å². The van der Waals surface area contributed by atoms with E-state index < -0.39 is 5.97 Å². The predicted molar refractivity (Wildman–Crippen MR) is 137 cm³/mol. The Morgan fingerprint density at radius 2 is 1.35 bits per heavy atom. The van der Waals surface area contributed by atoms with E-state index in [4.69, 9.17) is 0 Å². The summed E-state index contributed by atoms with van der Waals surface area (Å²) in [6.45, 7) is 4.36. The molecular weight excluding hydrogens is 424 g/mol. The third-order valence-corrected chi connectivity index (χ3v) is 5.62. The Hall–Kier alpha value is -4.38. The van der Waals surface area contributed by atoms with Gasteiger partial charge in [-0.3, -0.25) is 4.79 Å². The highest BCUT2D eigenvalue weighted by molar-refractivity contribution is 6.04. The van der Waals surface area contributed by atoms with E-state index in [-0.39, 0.29) is 11.5 Å². The van der Waals surface area contributed by atoms with Crippen molar-refractivity contribution in [2.45, 2.75) is 19.8 Å². The van der Waals surface area contributed by atoms with Crippen molar-refractivity contribution < 1.29 is 14.7 Å². The summed E-state index contributed by atoms with van der Waals surface area (Å²) in [7, 11) is 0. The highest BCUT2D eigenvalue weighted by Crippen LogP contribution is 2.30. The van der Waals surface area contributed by atoms with Crippen molar-refractivity contribution in [3.63, 3.8) is 0 Å². The fourth-order valence-electron chi connectivity index (χ4n) is 3.84. The van der Waals surface area contributed by atoms with E-state index in [9.17, 15) is 14.7 Å². The zero-order valence-corrected chi connectivity index (χ0v) is 19.1. The van der Waals surface area contributed by atoms with Gasteiger partial charge in [0.2, 0.25) is 0 Å². The predicted octanol–water partition coefficient (Wildman–Crippen LogP) is 7.17. The van der Waals surface area contributed by atoms with Crippen LogP contribution in [0.25, 0.3) is 11.1 Å². The van der Waals surface area contributed by atoms with E-state index in [1.807, 2.05) is 30.3 Å². The van der Waals surface area contributed by atoms with Crippen LogP contribution >= 0.6 is 0 Å². The van der Waals surface area contributed by atoms with Crippen LogP contribution in [0.2, 0.25) is 0 Å². The van der Waals surface area contributed by atoms with Gasteiger partial charge in [0.05, 0.1) is 11.3 Å². The van der Waals surface area contributed by atoms with Crippen molar-refractivity contribution in [1.29, 1.82) is 0 Å². The van der Waals surface area contributed by atoms with Gasteiger partial charge < -0.3 is 15.7 Å². The van der Waals surface area contributed by atoms with Gasteiger partial charge in [-0.05, 0) is 71.1 Å². The minimum absolute atomic E-state index is 0.184. The summed E-state index contributed by atoms with van der Waals surface area (Å²) in [6, 6.07) is 29.8. The van der Waals surface area contributed by atoms with E-state index >= 15 is 0 Å². The number of carbonyl (C=O) groups excluding carboxylic acids is 1. The molecule has 0 fully saturated rings. The molecule has 3 N–H and O–H groups in total. The molecule has 1 amide bonds. The number of aromatic carboxylic acids is 1. The number of benzene rings is 4. The molecule has 0 atom stereocenters. The normalized spacial score (nSPS) is 10.7. The van der Waals surface area contributed by atoms with Gasteiger partial charge in [-0.2, -0.15) is 0 Å². The second-order valence-corrected chi connectivity index (χ2v) is 8.33. The molecule has 170 valence electrons. The Kier molecular flexibility index (Phi) is 6.74. The second kappa shape index (κ2) is 10.0. The van der Waals surface area contributed by atoms with Crippen molar-refractivity contribution >= 4 is 28.9 Å². The molecule has 4 aromatic rings. The first kappa shape index (κ1) is 22.8. The van der Waals surface area contributed by atoms with Crippen molar-refractivity contribution in [1.82, 2.24) is 0 Å². The molecule has 0 saturated heterocycles. The quantitative estimate of drug-likeness (QED) is 0.279. The molecule has 0 aromatic heterocycles. The van der Waals surface area contributed by atoms with Gasteiger partial charge in [0.25, 0.3) is 5.91 Å². The highest BCUT2D eigenvalue weighted by atomic mass is 16.4. The SMILES string of the molecule is CC(C)c1ccccc1-c1ccc(NC(=O)c2ccc(Nc3ccccc3C(=O)O)cc2)cc1. The molecule has 0 saturated carbocycles. The van der Waals surface area contributed by atoms with Crippen molar-refractivity contribution in [3.05, 3.63) is 114 Å². The number of hydrogen-bond donors (Lipinski definition) is 3. The topological polar surface area (TPSA) is 78.4 Å². The van der Waals surface area contributed by atoms with Gasteiger partial charge >= 0.3 is 5.97 Å². The molecule has 4 aromatic carbocycles. The Morgan fingerprint density at radius 1 is 0.735 bits per heavy atom. The largest absolute Gasteiger partial charge is 0.478 e. The van der Waals surface area contributed by atoms with Crippen LogP contribution in [0.3, 0.4) is 0 Å². The highest BCUT2D eigenvalue weighted by Gasteiger charge is 2.11. The number of anilines is 3. The van der Waals surface area contributed by atoms with Gasteiger partial charge in [0, 0.05) is 16.9 Å². The smallest absolute Gasteiger partial charge is 0.337 e. The molecule has 4 rings (SSSR count). The number of amides is 1. The van der Waals surface area contributed by atoms with Gasteiger partial charge in [0.15, 0.2) is 0 Å². The third kappa shape index (κ3) is 5.15. The number of carboxylic acid groups (broad SMARTS) is 1. The fourth-order valence-corrected chi connectivity index (χ4v) is 3.84. The lowest BCUT2D eigenvalue weighted by molar-refractivity contribution is 0.0697. The zero-order valence-electron chi connectivity index (χ0n) is 19.1. The second-order valence-electron chi connectivity index (χ2n) is 8.33. The monoisotopic (exact) mass is 450 g/mol. The molecule has 5 heteroatoms. The maximum Gasteiger partial charge on any atom is 0.337 e. The molecule has 0 bridgehead atoms. The molecule has 34 heavy (non-hydrogen) atoms. The van der Waals surface area contributed by atoms with Crippen LogP contribution in [0.15, 0.2) is 97.1 Å². The number of hydrogen-bond acceptors (Lipinski definition) is 3. The van der Waals surface area contributed by atoms with Crippen LogP contribution in [0.1, 0.15) is 46.0 Å². The molecular formula is C29H26N2O3. The third-order valence-electron chi connectivity index (χ3n) is 5.62. The number of carbonyl (C=O) groups is 2. The number of rotatable bonds is 7. The number of para-hydroxylation sites is 1. The first-order valence-electron chi connectivity index (χ1n) is 11.1. The van der Waals surface area contributed by atoms with Crippen molar-refractivity contribution in [3.8, 4) is 11.1 Å². The van der Waals surface area contributed by atoms with Gasteiger partial charge in [-0.15, -0.1) is 0 Å². The standard InChI is InChI=1S/C29H26N2O3/c1-19(2)24-7-3-4-8-25(24)20-11-15-23(16-12-20)31-28(32)21-13-17-22(18-14-21)30-27-10-6-5-9-26(27)29(33)34/h3-19,30H,1-2H3,(H,31,32)(H,33,34). The summed E-state index contributed by atoms with van der Waals surface area (Å²) in [5.74, 6) is -0.795. The summed E-state index contributed by atoms with van der Waals surface area (Å²) in [6.07, 6.45) is 0. The van der Waals surface area contributed by atoms with E-state index in [2.05, 4.69) is 42.7 Å². The van der Waals surface area contributed by atoms with E-state index in [1.165, 1.54) is 11.1 Å². The Morgan fingerprint density at radius 3 is 2.03 bits per heavy atom. The first-order chi connectivity index (χ1) is 16.4. The summed E-state index contributed by atoms with van der Waals surface area (Å²) in [4.78, 5) is 24.1. The Bertz CT molecular complexity index is 1310. The van der Waals surface area contributed by atoms with Gasteiger partial charge in [-0.1, -0.05) is 62.4 Å². The van der Waals surface area contributed by atoms with E-state index in [1.54, 1.807) is 48.5 Å². The molecule has 0 spiro atoms. The lowest BCUT2D eigenvalue weighted by Crippen LogP contribution is -2.11. The van der Waals surface area contributed by atoms with Crippen LogP contribution in [0.4, 0.5) is 17.1 Å². The van der Waals surface area contributed by atoms with Gasteiger partial charge in [-0.25, -0.2) is 4.79 Å². The Balaban J connectivity index is 1.44. The van der Waals surface area contributed by atoms with E-state index in [0.29, 0.717) is 28.5 Å². The summed E-state index contributed by atoms with van der Waals surface area (Å²) < 4.78 is 0. The molecule has 0 aliphatic rings. The molecule has 0 aliphatic heterocycles. The lowest BCUT2D eigenvalue weighted by atomic mass is 9.92. The average Bonchev–Trinajstić information content (AvgIpc) is 2.85. The minimum atomic E-state index is -1.00. The van der Waals surface area contributed by atoms with Crippen molar-refractivity contribution in [2.75, 3.05) is 10.6 Å². The average molecular weight is 451 g/mol. The summed E-state index contributed by atoms with van der Waals surface area (Å²) in [5.41, 5.74) is 6.19. The fraction of sp³-hybridized carbons (Fsp3) is 0.103. The maximum absolute atomic E-state index is 12.7. The lowest BCUT2D eigenvalue weighted by Gasteiger charge is -2.13. The molecule has 0 radical (unpaired) electrons. The van der Waals surface area contributed by atoms with Crippen LogP contribution in [-0.4, -0.2) is 17.0 Å². The Labute approximate surface area is 199 Å². The molecule has 0 aliphatic carbocycles. The maximum atomic E-state index is 12.7. The summed E-state index contributed by atoms with van der Waals surface area (Å²) in [5, 5.41) is 15.3.